The Hall–Kier alpha value is -0.100. The van der Waals surface area contributed by atoms with Gasteiger partial charge in [0.15, 0.2) is 22.0 Å². The Morgan fingerprint density at radius 3 is 2.53 bits per heavy atom. The molecular weight excluding hydrogens is 494 g/mol. The molecule has 0 aromatic carbocycles. The first-order chi connectivity index (χ1) is 14.7. The van der Waals surface area contributed by atoms with Crippen LogP contribution in [-0.2, 0) is 19.1 Å². The summed E-state index contributed by atoms with van der Waals surface area (Å²) in [4.78, 5) is 23.6. The molecule has 1 heterocycles. The number of rotatable bonds is 2. The molecule has 0 unspecified atom stereocenters. The zero-order chi connectivity index (χ0) is 23.5. The van der Waals surface area contributed by atoms with Gasteiger partial charge in [0.05, 0.1) is 16.4 Å². The molecule has 8 heteroatoms. The highest BCUT2D eigenvalue weighted by Gasteiger charge is 2.79. The molecule has 0 aromatic heterocycles. The van der Waals surface area contributed by atoms with Crippen molar-refractivity contribution in [1.82, 2.24) is 0 Å². The lowest BCUT2D eigenvalue weighted by molar-refractivity contribution is -0.211. The van der Waals surface area contributed by atoms with E-state index in [1.807, 2.05) is 19.9 Å². The number of alkyl halides is 4. The Bertz CT molecular complexity index is 960. The van der Waals surface area contributed by atoms with Gasteiger partial charge in [-0.3, -0.25) is 9.59 Å². The topological polar surface area (TPSA) is 52.6 Å². The standard InChI is InChI=1S/C24H28Cl4O4/c1-20(2)31-17-10-15-14-6-5-12-9-13(29)7-8-21(12,3)23(14,28)16(25)11-22(15,4)24(17,32-20)18(30)19(26)27/h7-9,14-17,19H,5-6,10-11H2,1-4H3/t14-,15-,16-,17+,21-,22-,23-,24-/m0/s1. The lowest BCUT2D eigenvalue weighted by Gasteiger charge is -2.64. The minimum Gasteiger partial charge on any atom is -0.344 e. The van der Waals surface area contributed by atoms with Gasteiger partial charge in [-0.25, -0.2) is 0 Å². The van der Waals surface area contributed by atoms with Gasteiger partial charge < -0.3 is 9.47 Å². The molecule has 0 amide bonds. The van der Waals surface area contributed by atoms with E-state index >= 15 is 0 Å². The number of Topliss-reactive ketones (excluding diaryl/α,β-unsaturated/α-hetero) is 1. The lowest BCUT2D eigenvalue weighted by atomic mass is 9.46. The summed E-state index contributed by atoms with van der Waals surface area (Å²) in [6, 6.07) is 0. The highest BCUT2D eigenvalue weighted by molar-refractivity contribution is 6.54. The van der Waals surface area contributed by atoms with Gasteiger partial charge in [-0.2, -0.15) is 0 Å². The monoisotopic (exact) mass is 520 g/mol. The maximum absolute atomic E-state index is 13.6. The third kappa shape index (κ3) is 2.66. The second-order valence-corrected chi connectivity index (χ2v) is 13.2. The van der Waals surface area contributed by atoms with Crippen LogP contribution in [-0.4, -0.2) is 44.1 Å². The molecular formula is C24H28Cl4O4. The summed E-state index contributed by atoms with van der Waals surface area (Å²) in [6.45, 7) is 7.77. The molecule has 1 aliphatic heterocycles. The van der Waals surface area contributed by atoms with Crippen LogP contribution in [0.15, 0.2) is 23.8 Å². The Labute approximate surface area is 208 Å². The van der Waals surface area contributed by atoms with Crippen molar-refractivity contribution in [3.05, 3.63) is 23.8 Å². The molecule has 5 aliphatic rings. The summed E-state index contributed by atoms with van der Waals surface area (Å²) in [5.41, 5.74) is -1.44. The summed E-state index contributed by atoms with van der Waals surface area (Å²) in [7, 11) is 0. The van der Waals surface area contributed by atoms with Crippen LogP contribution in [0, 0.1) is 22.7 Å². The molecule has 0 bridgehead atoms. The van der Waals surface area contributed by atoms with E-state index in [4.69, 9.17) is 55.9 Å². The highest BCUT2D eigenvalue weighted by atomic mass is 35.5. The first-order valence-corrected chi connectivity index (χ1v) is 12.9. The molecule has 0 aromatic rings. The van der Waals surface area contributed by atoms with Crippen molar-refractivity contribution in [2.75, 3.05) is 0 Å². The van der Waals surface area contributed by atoms with E-state index < -0.39 is 43.4 Å². The van der Waals surface area contributed by atoms with Crippen LogP contribution in [0.3, 0.4) is 0 Å². The minimum atomic E-state index is -1.28. The van der Waals surface area contributed by atoms with Crippen LogP contribution >= 0.6 is 46.4 Å². The molecule has 3 saturated carbocycles. The van der Waals surface area contributed by atoms with Gasteiger partial charge in [0.25, 0.3) is 0 Å². The van der Waals surface area contributed by atoms with E-state index in [1.54, 1.807) is 12.2 Å². The Kier molecular flexibility index (Phi) is 5.16. The fourth-order valence-corrected chi connectivity index (χ4v) is 9.40. The predicted molar refractivity (Wildman–Crippen MR) is 125 cm³/mol. The van der Waals surface area contributed by atoms with Crippen molar-refractivity contribution in [3.63, 3.8) is 0 Å². The van der Waals surface area contributed by atoms with Gasteiger partial charge in [0, 0.05) is 10.8 Å². The third-order valence-electron chi connectivity index (χ3n) is 9.15. The molecule has 4 nitrogen and oxygen atoms in total. The van der Waals surface area contributed by atoms with Crippen LogP contribution in [0.4, 0.5) is 0 Å². The van der Waals surface area contributed by atoms with Crippen molar-refractivity contribution < 1.29 is 19.1 Å². The zero-order valence-corrected chi connectivity index (χ0v) is 21.6. The Balaban J connectivity index is 1.64. The summed E-state index contributed by atoms with van der Waals surface area (Å²) in [5, 5.41) is -0.471. The lowest BCUT2D eigenvalue weighted by Crippen LogP contribution is -2.68. The molecule has 4 fully saturated rings. The summed E-state index contributed by atoms with van der Waals surface area (Å²) in [6.07, 6.45) is 7.38. The molecule has 1 saturated heterocycles. The normalized spacial score (nSPS) is 51.0. The molecule has 0 N–H and O–H groups in total. The number of ether oxygens (including phenoxy) is 2. The van der Waals surface area contributed by atoms with Crippen molar-refractivity contribution in [2.24, 2.45) is 22.7 Å². The van der Waals surface area contributed by atoms with Crippen LogP contribution in [0.25, 0.3) is 0 Å². The van der Waals surface area contributed by atoms with E-state index in [0.29, 0.717) is 12.8 Å². The van der Waals surface area contributed by atoms with E-state index in [1.165, 1.54) is 0 Å². The molecule has 5 rings (SSSR count). The number of carbonyl (C=O) groups is 2. The molecule has 32 heavy (non-hydrogen) atoms. The maximum atomic E-state index is 13.6. The fourth-order valence-electron chi connectivity index (χ4n) is 7.84. The van der Waals surface area contributed by atoms with Gasteiger partial charge in [0.2, 0.25) is 5.78 Å². The quantitative estimate of drug-likeness (QED) is 0.434. The Morgan fingerprint density at radius 2 is 1.88 bits per heavy atom. The van der Waals surface area contributed by atoms with Crippen LogP contribution in [0.2, 0.25) is 0 Å². The predicted octanol–water partition coefficient (Wildman–Crippen LogP) is 5.75. The Morgan fingerprint density at radius 1 is 1.19 bits per heavy atom. The SMILES string of the molecule is CC1(C)O[C@@H]2C[C@H]3[C@@H]4CCC5=CC(=O)C=C[C@]5(C)[C@@]4(Cl)[C@@H](Cl)C[C@]3(C)[C@]2(C(=O)C(Cl)Cl)O1. The van der Waals surface area contributed by atoms with Crippen LogP contribution in [0.5, 0.6) is 0 Å². The molecule has 176 valence electrons. The highest BCUT2D eigenvalue weighted by Crippen LogP contribution is 2.73. The fraction of sp³-hybridized carbons (Fsp3) is 0.750. The number of hydrogen-bond donors (Lipinski definition) is 0. The first kappa shape index (κ1) is 23.6. The van der Waals surface area contributed by atoms with E-state index in [2.05, 4.69) is 13.8 Å². The average molecular weight is 522 g/mol. The summed E-state index contributed by atoms with van der Waals surface area (Å²) >= 11 is 27.1. The number of carbonyl (C=O) groups excluding carboxylic acids is 2. The number of fused-ring (bicyclic) bond motifs is 7. The second kappa shape index (κ2) is 6.98. The van der Waals surface area contributed by atoms with Crippen molar-refractivity contribution in [2.45, 2.75) is 86.0 Å². The van der Waals surface area contributed by atoms with Crippen molar-refractivity contribution in [3.8, 4) is 0 Å². The van der Waals surface area contributed by atoms with Gasteiger partial charge in [-0.1, -0.05) is 48.7 Å². The molecule has 0 spiro atoms. The molecule has 8 atom stereocenters. The largest absolute Gasteiger partial charge is 0.344 e. The van der Waals surface area contributed by atoms with Gasteiger partial charge in [0.1, 0.15) is 0 Å². The van der Waals surface area contributed by atoms with E-state index in [9.17, 15) is 9.59 Å². The van der Waals surface area contributed by atoms with Crippen molar-refractivity contribution >= 4 is 58.0 Å². The summed E-state index contributed by atoms with van der Waals surface area (Å²) < 4.78 is 12.7. The van der Waals surface area contributed by atoms with Gasteiger partial charge in [-0.05, 0) is 63.5 Å². The second-order valence-electron chi connectivity index (χ2n) is 11.0. The smallest absolute Gasteiger partial charge is 0.200 e. The maximum Gasteiger partial charge on any atom is 0.200 e. The van der Waals surface area contributed by atoms with Gasteiger partial charge in [-0.15, -0.1) is 23.2 Å². The number of ketones is 2. The number of allylic oxidation sites excluding steroid dienone is 4. The minimum absolute atomic E-state index is 0.0000990. The average Bonchev–Trinajstić information content (AvgIpc) is 3.09. The van der Waals surface area contributed by atoms with Crippen molar-refractivity contribution in [1.29, 1.82) is 0 Å². The van der Waals surface area contributed by atoms with E-state index in [0.717, 1.165) is 18.4 Å². The molecule has 4 aliphatic carbocycles. The third-order valence-corrected chi connectivity index (χ3v) is 11.1. The van der Waals surface area contributed by atoms with Crippen LogP contribution in [0.1, 0.15) is 53.4 Å². The number of hydrogen-bond acceptors (Lipinski definition) is 4. The summed E-state index contributed by atoms with van der Waals surface area (Å²) in [5.74, 6) is -1.29. The zero-order valence-electron chi connectivity index (χ0n) is 18.6. The van der Waals surface area contributed by atoms with Crippen LogP contribution < -0.4 is 0 Å². The number of halogens is 4. The van der Waals surface area contributed by atoms with Gasteiger partial charge >= 0.3 is 0 Å². The first-order valence-electron chi connectivity index (χ1n) is 11.2. The molecule has 0 radical (unpaired) electrons. The van der Waals surface area contributed by atoms with E-state index in [-0.39, 0.29) is 23.4 Å².